The van der Waals surface area contributed by atoms with Crippen molar-refractivity contribution in [3.63, 3.8) is 0 Å². The Bertz CT molecular complexity index is 1230. The number of carbonyl (C=O) groups excluding carboxylic acids is 4. The highest BCUT2D eigenvalue weighted by atomic mass is 16.5. The zero-order chi connectivity index (χ0) is 28.8. The van der Waals surface area contributed by atoms with Crippen LogP contribution >= 0.6 is 0 Å². The molecule has 0 aliphatic carbocycles. The van der Waals surface area contributed by atoms with Crippen molar-refractivity contribution in [3.8, 4) is 11.1 Å². The highest BCUT2D eigenvalue weighted by molar-refractivity contribution is 6.03. The minimum atomic E-state index is -0.742. The van der Waals surface area contributed by atoms with Gasteiger partial charge >= 0.3 is 11.9 Å². The Morgan fingerprint density at radius 1 is 0.897 bits per heavy atom. The predicted molar refractivity (Wildman–Crippen MR) is 151 cm³/mol. The highest BCUT2D eigenvalue weighted by Gasteiger charge is 2.20. The SMILES string of the molecule is C=CCC(C)/C=C(/C)COC(=O)c1ccccc1-c1ccccc1C(=O)OCC(=O)NCC(=O)N(C)CC=C. The number of ether oxygens (including phenoxy) is 2. The van der Waals surface area contributed by atoms with Crippen LogP contribution in [0.2, 0.25) is 0 Å². The standard InChI is InChI=1S/C31H36N2O6/c1-6-12-22(3)18-23(4)20-38-30(36)26-15-10-8-13-24(26)25-14-9-11-16-27(25)31(37)39-21-28(34)32-19-29(35)33(5)17-7-2/h6-11,13-16,18,22H,1-2,12,17,19-21H2,3-5H3,(H,32,34)/b23-18-. The van der Waals surface area contributed by atoms with Crippen LogP contribution in [0.4, 0.5) is 0 Å². The van der Waals surface area contributed by atoms with Crippen LogP contribution < -0.4 is 5.32 Å². The molecule has 8 heteroatoms. The molecule has 2 aromatic carbocycles. The number of rotatable bonds is 14. The van der Waals surface area contributed by atoms with Crippen LogP contribution in [0.1, 0.15) is 41.0 Å². The molecule has 206 valence electrons. The molecule has 0 spiro atoms. The lowest BCUT2D eigenvalue weighted by molar-refractivity contribution is -0.132. The van der Waals surface area contributed by atoms with Crippen molar-refractivity contribution in [1.29, 1.82) is 0 Å². The van der Waals surface area contributed by atoms with Crippen molar-refractivity contribution < 1.29 is 28.7 Å². The summed E-state index contributed by atoms with van der Waals surface area (Å²) in [5.41, 5.74) is 2.36. The summed E-state index contributed by atoms with van der Waals surface area (Å²) in [7, 11) is 1.59. The Balaban J connectivity index is 2.11. The van der Waals surface area contributed by atoms with Crippen LogP contribution in [-0.4, -0.2) is 62.0 Å². The second-order valence-corrected chi connectivity index (χ2v) is 9.10. The fourth-order valence-corrected chi connectivity index (χ4v) is 3.78. The van der Waals surface area contributed by atoms with Crippen molar-refractivity contribution in [2.75, 3.05) is 33.4 Å². The lowest BCUT2D eigenvalue weighted by Crippen LogP contribution is -2.39. The van der Waals surface area contributed by atoms with Crippen molar-refractivity contribution >= 4 is 23.8 Å². The monoisotopic (exact) mass is 532 g/mol. The summed E-state index contributed by atoms with van der Waals surface area (Å²) in [5, 5.41) is 2.43. The third-order valence-corrected chi connectivity index (χ3v) is 5.72. The van der Waals surface area contributed by atoms with Gasteiger partial charge in [-0.1, -0.05) is 61.5 Å². The minimum absolute atomic E-state index is 0.138. The molecule has 0 aromatic heterocycles. The number of esters is 2. The summed E-state index contributed by atoms with van der Waals surface area (Å²) in [6.45, 7) is 11.0. The van der Waals surface area contributed by atoms with E-state index in [1.165, 1.54) is 4.90 Å². The van der Waals surface area contributed by atoms with Crippen LogP contribution in [0.3, 0.4) is 0 Å². The Hall–Kier alpha value is -4.46. The molecule has 0 aliphatic heterocycles. The molecule has 0 saturated carbocycles. The zero-order valence-corrected chi connectivity index (χ0v) is 22.8. The van der Waals surface area contributed by atoms with Gasteiger partial charge in [-0.2, -0.15) is 0 Å². The number of hydrogen-bond donors (Lipinski definition) is 1. The number of likely N-dealkylation sites (N-methyl/N-ethyl adjacent to an activating group) is 1. The Kier molecular flexibility index (Phi) is 12.4. The van der Waals surface area contributed by atoms with Gasteiger partial charge in [-0.25, -0.2) is 9.59 Å². The van der Waals surface area contributed by atoms with E-state index in [-0.39, 0.29) is 30.5 Å². The quantitative estimate of drug-likeness (QED) is 0.282. The Labute approximate surface area is 230 Å². The molecule has 0 saturated heterocycles. The summed E-state index contributed by atoms with van der Waals surface area (Å²) >= 11 is 0. The first kappa shape index (κ1) is 30.8. The van der Waals surface area contributed by atoms with Gasteiger partial charge in [0.15, 0.2) is 6.61 Å². The van der Waals surface area contributed by atoms with Crippen LogP contribution in [-0.2, 0) is 19.1 Å². The first-order valence-corrected chi connectivity index (χ1v) is 12.6. The van der Waals surface area contributed by atoms with Gasteiger partial charge < -0.3 is 19.7 Å². The van der Waals surface area contributed by atoms with Crippen LogP contribution in [0, 0.1) is 5.92 Å². The average molecular weight is 533 g/mol. The molecule has 39 heavy (non-hydrogen) atoms. The predicted octanol–water partition coefficient (Wildman–Crippen LogP) is 4.59. The van der Waals surface area contributed by atoms with E-state index in [9.17, 15) is 19.2 Å². The number of nitrogens with zero attached hydrogens (tertiary/aromatic N) is 1. The number of amides is 2. The summed E-state index contributed by atoms with van der Waals surface area (Å²) in [6, 6.07) is 13.5. The van der Waals surface area contributed by atoms with Crippen molar-refractivity contribution in [2.24, 2.45) is 5.92 Å². The van der Waals surface area contributed by atoms with E-state index >= 15 is 0 Å². The van der Waals surface area contributed by atoms with Gasteiger partial charge in [0.2, 0.25) is 5.91 Å². The van der Waals surface area contributed by atoms with Gasteiger partial charge in [-0.3, -0.25) is 9.59 Å². The molecule has 0 radical (unpaired) electrons. The molecule has 8 nitrogen and oxygen atoms in total. The first-order chi connectivity index (χ1) is 18.7. The van der Waals surface area contributed by atoms with E-state index in [0.29, 0.717) is 23.2 Å². The molecular formula is C31H36N2O6. The fraction of sp³-hybridized carbons (Fsp3) is 0.290. The summed E-state index contributed by atoms with van der Waals surface area (Å²) < 4.78 is 10.8. The smallest absolute Gasteiger partial charge is 0.339 e. The zero-order valence-electron chi connectivity index (χ0n) is 22.8. The number of carbonyl (C=O) groups is 4. The van der Waals surface area contributed by atoms with Gasteiger partial charge in [0.25, 0.3) is 5.91 Å². The van der Waals surface area contributed by atoms with E-state index in [1.807, 2.05) is 19.1 Å². The van der Waals surface area contributed by atoms with E-state index in [2.05, 4.69) is 25.4 Å². The topological polar surface area (TPSA) is 102 Å². The molecule has 1 atom stereocenters. The van der Waals surface area contributed by atoms with Crippen molar-refractivity contribution in [1.82, 2.24) is 10.2 Å². The van der Waals surface area contributed by atoms with Gasteiger partial charge in [0.05, 0.1) is 17.7 Å². The molecule has 2 rings (SSSR count). The third kappa shape index (κ3) is 9.74. The van der Waals surface area contributed by atoms with Gasteiger partial charge in [0, 0.05) is 13.6 Å². The summed E-state index contributed by atoms with van der Waals surface area (Å²) in [6.07, 6.45) is 6.28. The lowest BCUT2D eigenvalue weighted by atomic mass is 9.95. The highest BCUT2D eigenvalue weighted by Crippen LogP contribution is 2.28. The molecule has 0 bridgehead atoms. The molecule has 1 N–H and O–H groups in total. The van der Waals surface area contributed by atoms with Crippen LogP contribution in [0.25, 0.3) is 11.1 Å². The number of nitrogens with one attached hydrogen (secondary N) is 1. The molecule has 1 unspecified atom stereocenters. The molecular weight excluding hydrogens is 496 g/mol. The normalized spacial score (nSPS) is 11.6. The number of allylic oxidation sites excluding steroid dienone is 2. The van der Waals surface area contributed by atoms with Crippen LogP contribution in [0.5, 0.6) is 0 Å². The summed E-state index contributed by atoms with van der Waals surface area (Å²) in [4.78, 5) is 51.4. The third-order valence-electron chi connectivity index (χ3n) is 5.72. The van der Waals surface area contributed by atoms with Gasteiger partial charge in [-0.05, 0) is 48.1 Å². The lowest BCUT2D eigenvalue weighted by Gasteiger charge is -2.15. The molecule has 2 aromatic rings. The van der Waals surface area contributed by atoms with E-state index in [1.54, 1.807) is 61.7 Å². The minimum Gasteiger partial charge on any atom is -0.458 e. The van der Waals surface area contributed by atoms with Gasteiger partial charge in [0.1, 0.15) is 6.61 Å². The van der Waals surface area contributed by atoms with E-state index in [4.69, 9.17) is 9.47 Å². The van der Waals surface area contributed by atoms with Crippen LogP contribution in [0.15, 0.2) is 85.5 Å². The number of hydrogen-bond acceptors (Lipinski definition) is 6. The molecule has 0 fully saturated rings. The number of benzene rings is 2. The maximum absolute atomic E-state index is 13.0. The molecule has 2 amide bonds. The maximum atomic E-state index is 13.0. The Morgan fingerprint density at radius 2 is 1.44 bits per heavy atom. The largest absolute Gasteiger partial charge is 0.458 e. The average Bonchev–Trinajstić information content (AvgIpc) is 2.93. The first-order valence-electron chi connectivity index (χ1n) is 12.6. The second kappa shape index (κ2) is 15.7. The Morgan fingerprint density at radius 3 is 1.97 bits per heavy atom. The molecule has 0 heterocycles. The van der Waals surface area contributed by atoms with Crippen molar-refractivity contribution in [3.05, 3.63) is 96.6 Å². The fourth-order valence-electron chi connectivity index (χ4n) is 3.78. The maximum Gasteiger partial charge on any atom is 0.339 e. The van der Waals surface area contributed by atoms with E-state index in [0.717, 1.165) is 12.0 Å². The van der Waals surface area contributed by atoms with Gasteiger partial charge in [-0.15, -0.1) is 13.2 Å². The summed E-state index contributed by atoms with van der Waals surface area (Å²) in [5.74, 6) is -1.90. The second-order valence-electron chi connectivity index (χ2n) is 9.10. The van der Waals surface area contributed by atoms with Crippen molar-refractivity contribution in [2.45, 2.75) is 20.3 Å². The molecule has 0 aliphatic rings. The van der Waals surface area contributed by atoms with E-state index < -0.39 is 24.5 Å².